The van der Waals surface area contributed by atoms with Crippen LogP contribution in [0.2, 0.25) is 0 Å². The summed E-state index contributed by atoms with van der Waals surface area (Å²) in [4.78, 5) is 32.5. The molecule has 3 rings (SSSR count). The highest BCUT2D eigenvalue weighted by atomic mass is 127. The van der Waals surface area contributed by atoms with Crippen LogP contribution in [-0.4, -0.2) is 73.3 Å². The SMILES string of the molecule is CCNC(=NCc1cccc(NC(=O)N2CCCC2)c1)NC1CCN(C(=O)OCC)CC1.I. The Kier molecular flexibility index (Phi) is 11.6. The number of halogens is 1. The molecule has 2 fully saturated rings. The molecule has 2 aliphatic rings. The van der Waals surface area contributed by atoms with E-state index in [1.165, 1.54) is 0 Å². The molecule has 0 unspecified atom stereocenters. The zero-order valence-electron chi connectivity index (χ0n) is 19.6. The molecule has 10 heteroatoms. The van der Waals surface area contributed by atoms with Crippen molar-refractivity contribution in [2.75, 3.05) is 44.6 Å². The molecule has 0 aromatic heterocycles. The van der Waals surface area contributed by atoms with E-state index in [1.54, 1.807) is 4.90 Å². The van der Waals surface area contributed by atoms with E-state index < -0.39 is 0 Å². The van der Waals surface area contributed by atoms with Gasteiger partial charge >= 0.3 is 12.1 Å². The lowest BCUT2D eigenvalue weighted by molar-refractivity contribution is 0.0963. The van der Waals surface area contributed by atoms with Crippen LogP contribution in [0.4, 0.5) is 15.3 Å². The lowest BCUT2D eigenvalue weighted by Crippen LogP contribution is -2.49. The minimum Gasteiger partial charge on any atom is -0.450 e. The Morgan fingerprint density at radius 3 is 2.48 bits per heavy atom. The molecule has 1 aromatic rings. The van der Waals surface area contributed by atoms with E-state index in [4.69, 9.17) is 9.73 Å². The molecular weight excluding hydrogens is 535 g/mol. The Morgan fingerprint density at radius 1 is 1.09 bits per heavy atom. The number of rotatable bonds is 6. The van der Waals surface area contributed by atoms with Crippen molar-refractivity contribution in [3.05, 3.63) is 29.8 Å². The van der Waals surface area contributed by atoms with Crippen molar-refractivity contribution in [3.63, 3.8) is 0 Å². The highest BCUT2D eigenvalue weighted by molar-refractivity contribution is 14.0. The summed E-state index contributed by atoms with van der Waals surface area (Å²) in [5, 5.41) is 9.77. The number of benzene rings is 1. The minimum absolute atomic E-state index is 0. The number of likely N-dealkylation sites (tertiary alicyclic amines) is 2. The van der Waals surface area contributed by atoms with Gasteiger partial charge in [0.05, 0.1) is 13.2 Å². The van der Waals surface area contributed by atoms with Crippen molar-refractivity contribution in [1.29, 1.82) is 0 Å². The molecule has 0 spiro atoms. The van der Waals surface area contributed by atoms with Crippen LogP contribution in [0, 0.1) is 0 Å². The summed E-state index contributed by atoms with van der Waals surface area (Å²) in [6.45, 7) is 8.53. The average molecular weight is 572 g/mol. The molecule has 0 bridgehead atoms. The molecule has 3 amide bonds. The summed E-state index contributed by atoms with van der Waals surface area (Å²) in [5.41, 5.74) is 1.82. The third-order valence-corrected chi connectivity index (χ3v) is 5.70. The predicted molar refractivity (Wildman–Crippen MR) is 141 cm³/mol. The first-order chi connectivity index (χ1) is 15.6. The van der Waals surface area contributed by atoms with Crippen molar-refractivity contribution < 1.29 is 14.3 Å². The first-order valence-corrected chi connectivity index (χ1v) is 11.7. The van der Waals surface area contributed by atoms with Crippen LogP contribution in [-0.2, 0) is 11.3 Å². The van der Waals surface area contributed by atoms with Gasteiger partial charge in [0.25, 0.3) is 0 Å². The van der Waals surface area contributed by atoms with Crippen LogP contribution in [0.25, 0.3) is 0 Å². The summed E-state index contributed by atoms with van der Waals surface area (Å²) < 4.78 is 5.09. The maximum absolute atomic E-state index is 12.3. The average Bonchev–Trinajstić information content (AvgIpc) is 3.34. The van der Waals surface area contributed by atoms with E-state index in [2.05, 4.69) is 16.0 Å². The Balaban J connectivity index is 0.00000385. The number of urea groups is 1. The highest BCUT2D eigenvalue weighted by Gasteiger charge is 2.24. The molecular formula is C23H37IN6O3. The number of anilines is 1. The normalized spacial score (nSPS) is 16.7. The van der Waals surface area contributed by atoms with Gasteiger partial charge < -0.3 is 30.5 Å². The van der Waals surface area contributed by atoms with E-state index in [1.807, 2.05) is 43.0 Å². The van der Waals surface area contributed by atoms with E-state index in [0.29, 0.717) is 26.2 Å². The van der Waals surface area contributed by atoms with E-state index in [9.17, 15) is 9.59 Å². The summed E-state index contributed by atoms with van der Waals surface area (Å²) in [7, 11) is 0. The molecule has 0 atom stereocenters. The fraction of sp³-hybridized carbons (Fsp3) is 0.609. The van der Waals surface area contributed by atoms with Crippen molar-refractivity contribution in [2.24, 2.45) is 4.99 Å². The van der Waals surface area contributed by atoms with Crippen LogP contribution in [0.5, 0.6) is 0 Å². The van der Waals surface area contributed by atoms with Gasteiger partial charge in [0.1, 0.15) is 0 Å². The van der Waals surface area contributed by atoms with E-state index >= 15 is 0 Å². The van der Waals surface area contributed by atoms with Crippen molar-refractivity contribution >= 4 is 47.7 Å². The first-order valence-electron chi connectivity index (χ1n) is 11.7. The molecule has 3 N–H and O–H groups in total. The molecule has 9 nitrogen and oxygen atoms in total. The number of nitrogens with one attached hydrogen (secondary N) is 3. The van der Waals surface area contributed by atoms with Crippen LogP contribution in [0.1, 0.15) is 45.1 Å². The van der Waals surface area contributed by atoms with Gasteiger partial charge in [-0.2, -0.15) is 0 Å². The molecule has 2 saturated heterocycles. The number of nitrogens with zero attached hydrogens (tertiary/aromatic N) is 3. The zero-order valence-corrected chi connectivity index (χ0v) is 22.0. The van der Waals surface area contributed by atoms with Gasteiger partial charge in [-0.05, 0) is 57.2 Å². The molecule has 0 saturated carbocycles. The Bertz CT molecular complexity index is 792. The monoisotopic (exact) mass is 572 g/mol. The molecule has 2 aliphatic heterocycles. The second-order valence-corrected chi connectivity index (χ2v) is 8.12. The first kappa shape index (κ1) is 27.0. The van der Waals surface area contributed by atoms with Crippen LogP contribution in [0.3, 0.4) is 0 Å². The minimum atomic E-state index is -0.233. The maximum atomic E-state index is 12.3. The van der Waals surface area contributed by atoms with Crippen molar-refractivity contribution in [2.45, 2.75) is 52.1 Å². The molecule has 33 heavy (non-hydrogen) atoms. The van der Waals surface area contributed by atoms with Gasteiger partial charge in [0.15, 0.2) is 5.96 Å². The standard InChI is InChI=1S/C23H36N6O3.HI/c1-3-24-21(26-19-10-14-29(15-11-19)23(31)32-4-2)25-17-18-8-7-9-20(16-18)27-22(30)28-12-5-6-13-28;/h7-9,16,19H,3-6,10-15,17H2,1-2H3,(H,27,30)(H2,24,25,26);1H. The number of amides is 3. The van der Waals surface area contributed by atoms with Crippen LogP contribution < -0.4 is 16.0 Å². The van der Waals surface area contributed by atoms with Gasteiger partial charge in [-0.3, -0.25) is 0 Å². The summed E-state index contributed by atoms with van der Waals surface area (Å²) in [5.74, 6) is 0.758. The summed E-state index contributed by atoms with van der Waals surface area (Å²) in [6, 6.07) is 8.05. The lowest BCUT2D eigenvalue weighted by Gasteiger charge is -2.32. The largest absolute Gasteiger partial charge is 0.450 e. The van der Waals surface area contributed by atoms with E-state index in [-0.39, 0.29) is 42.1 Å². The molecule has 184 valence electrons. The predicted octanol–water partition coefficient (Wildman–Crippen LogP) is 3.61. The molecule has 0 radical (unpaired) electrons. The Hall–Kier alpha value is -2.24. The highest BCUT2D eigenvalue weighted by Crippen LogP contribution is 2.15. The Labute approximate surface area is 213 Å². The Morgan fingerprint density at radius 2 is 1.82 bits per heavy atom. The fourth-order valence-electron chi connectivity index (χ4n) is 3.98. The third kappa shape index (κ3) is 8.56. The number of ether oxygens (including phenoxy) is 1. The van der Waals surface area contributed by atoms with Crippen LogP contribution in [0.15, 0.2) is 29.3 Å². The number of piperidine rings is 1. The summed E-state index contributed by atoms with van der Waals surface area (Å²) >= 11 is 0. The molecule has 1 aromatic carbocycles. The van der Waals surface area contributed by atoms with Gasteiger partial charge in [0, 0.05) is 44.5 Å². The number of hydrogen-bond acceptors (Lipinski definition) is 4. The number of aliphatic imine (C=N–C) groups is 1. The smallest absolute Gasteiger partial charge is 0.409 e. The van der Waals surface area contributed by atoms with Crippen molar-refractivity contribution in [3.8, 4) is 0 Å². The van der Waals surface area contributed by atoms with Gasteiger partial charge in [0.2, 0.25) is 0 Å². The quantitative estimate of drug-likeness (QED) is 0.275. The number of carbonyl (C=O) groups excluding carboxylic acids is 2. The number of carbonyl (C=O) groups is 2. The van der Waals surface area contributed by atoms with Crippen molar-refractivity contribution in [1.82, 2.24) is 20.4 Å². The molecule has 0 aliphatic carbocycles. The van der Waals surface area contributed by atoms with Crippen LogP contribution >= 0.6 is 24.0 Å². The maximum Gasteiger partial charge on any atom is 0.409 e. The topological polar surface area (TPSA) is 98.3 Å². The zero-order chi connectivity index (χ0) is 22.8. The number of guanidine groups is 1. The fourth-order valence-corrected chi connectivity index (χ4v) is 3.98. The number of hydrogen-bond donors (Lipinski definition) is 3. The summed E-state index contributed by atoms with van der Waals surface area (Å²) in [6.07, 6.45) is 3.61. The van der Waals surface area contributed by atoms with Gasteiger partial charge in [-0.1, -0.05) is 12.1 Å². The second-order valence-electron chi connectivity index (χ2n) is 8.12. The van der Waals surface area contributed by atoms with Gasteiger partial charge in [-0.15, -0.1) is 24.0 Å². The van der Waals surface area contributed by atoms with E-state index in [0.717, 1.165) is 62.5 Å². The van der Waals surface area contributed by atoms with Gasteiger partial charge in [-0.25, -0.2) is 14.6 Å². The lowest BCUT2D eigenvalue weighted by atomic mass is 10.1. The third-order valence-electron chi connectivity index (χ3n) is 5.70. The molecule has 2 heterocycles. The second kappa shape index (κ2) is 14.1.